The number of hydrogen-bond acceptors (Lipinski definition) is 6. The van der Waals surface area contributed by atoms with Gasteiger partial charge in [-0.1, -0.05) is 5.16 Å². The highest BCUT2D eigenvalue weighted by Crippen LogP contribution is 2.38. The lowest BCUT2D eigenvalue weighted by molar-refractivity contribution is -0.132. The molecule has 1 unspecified atom stereocenters. The molecule has 3 rings (SSSR count). The van der Waals surface area contributed by atoms with Crippen molar-refractivity contribution in [2.45, 2.75) is 50.2 Å². The summed E-state index contributed by atoms with van der Waals surface area (Å²) in [4.78, 5) is 18.3. The Balaban J connectivity index is 1.55. The van der Waals surface area contributed by atoms with Crippen LogP contribution < -0.4 is 0 Å². The third-order valence-electron chi connectivity index (χ3n) is 4.04. The van der Waals surface area contributed by atoms with E-state index in [1.807, 2.05) is 4.90 Å². The van der Waals surface area contributed by atoms with Crippen molar-refractivity contribution < 1.29 is 9.32 Å². The van der Waals surface area contributed by atoms with Gasteiger partial charge < -0.3 is 9.42 Å². The Bertz CT molecular complexity index is 569. The molecule has 7 nitrogen and oxygen atoms in total. The molecular weight excluding hydrogens is 270 g/mol. The number of rotatable bonds is 6. The van der Waals surface area contributed by atoms with Gasteiger partial charge in [0.2, 0.25) is 12.3 Å². The zero-order chi connectivity index (χ0) is 14.7. The van der Waals surface area contributed by atoms with Gasteiger partial charge in [0.25, 0.3) is 0 Å². The predicted octanol–water partition coefficient (Wildman–Crippen LogP) is 2.09. The van der Waals surface area contributed by atoms with E-state index in [1.54, 1.807) is 0 Å². The van der Waals surface area contributed by atoms with Crippen molar-refractivity contribution in [3.05, 3.63) is 12.2 Å². The Hall–Kier alpha value is -2.23. The Kier molecular flexibility index (Phi) is 3.69. The standard InChI is InChI=1S/C14H17N5O2/c1-2-3-7-14(17-18-14)8-6-12(20)19-9-4-5-11(19)13-15-10-21-16-13/h1,10-11H,3-9H2. The topological polar surface area (TPSA) is 84.0 Å². The maximum atomic E-state index is 12.4. The fourth-order valence-electron chi connectivity index (χ4n) is 2.78. The van der Waals surface area contributed by atoms with Gasteiger partial charge in [0, 0.05) is 32.2 Å². The van der Waals surface area contributed by atoms with Crippen molar-refractivity contribution in [1.82, 2.24) is 15.0 Å². The van der Waals surface area contributed by atoms with Gasteiger partial charge in [-0.3, -0.25) is 4.79 Å². The van der Waals surface area contributed by atoms with Gasteiger partial charge in [-0.2, -0.15) is 15.2 Å². The van der Waals surface area contributed by atoms with Crippen LogP contribution in [0.2, 0.25) is 0 Å². The number of carbonyl (C=O) groups excluding carboxylic acids is 1. The van der Waals surface area contributed by atoms with Gasteiger partial charge >= 0.3 is 0 Å². The molecule has 1 amide bonds. The van der Waals surface area contributed by atoms with Crippen molar-refractivity contribution in [1.29, 1.82) is 0 Å². The van der Waals surface area contributed by atoms with E-state index >= 15 is 0 Å². The Morgan fingerprint density at radius 1 is 1.52 bits per heavy atom. The maximum absolute atomic E-state index is 12.4. The maximum Gasteiger partial charge on any atom is 0.223 e. The smallest absolute Gasteiger partial charge is 0.223 e. The van der Waals surface area contributed by atoms with E-state index < -0.39 is 5.66 Å². The van der Waals surface area contributed by atoms with Crippen LogP contribution in [-0.4, -0.2) is 33.2 Å². The fourth-order valence-corrected chi connectivity index (χ4v) is 2.78. The van der Waals surface area contributed by atoms with E-state index in [4.69, 9.17) is 10.9 Å². The molecule has 0 N–H and O–H groups in total. The van der Waals surface area contributed by atoms with E-state index in [9.17, 15) is 4.79 Å². The van der Waals surface area contributed by atoms with Crippen LogP contribution in [0.1, 0.15) is 50.4 Å². The Morgan fingerprint density at radius 2 is 2.38 bits per heavy atom. The second-order valence-electron chi connectivity index (χ2n) is 5.42. The number of carbonyl (C=O) groups is 1. The first-order valence-electron chi connectivity index (χ1n) is 7.17. The van der Waals surface area contributed by atoms with Gasteiger partial charge in [-0.15, -0.1) is 12.3 Å². The van der Waals surface area contributed by atoms with Crippen LogP contribution in [0.15, 0.2) is 21.1 Å². The number of hydrogen-bond donors (Lipinski definition) is 0. The Labute approximate surface area is 122 Å². The third kappa shape index (κ3) is 2.94. The van der Waals surface area contributed by atoms with Gasteiger partial charge in [0.1, 0.15) is 0 Å². The van der Waals surface area contributed by atoms with Crippen LogP contribution in [0.4, 0.5) is 0 Å². The normalized spacial score (nSPS) is 22.2. The summed E-state index contributed by atoms with van der Waals surface area (Å²) in [6.45, 7) is 0.740. The van der Waals surface area contributed by atoms with Crippen molar-refractivity contribution >= 4 is 5.91 Å². The van der Waals surface area contributed by atoms with Gasteiger partial charge in [0.15, 0.2) is 11.5 Å². The van der Waals surface area contributed by atoms with Gasteiger partial charge in [-0.05, 0) is 12.8 Å². The number of aromatic nitrogens is 2. The summed E-state index contributed by atoms with van der Waals surface area (Å²) < 4.78 is 4.78. The summed E-state index contributed by atoms with van der Waals surface area (Å²) in [6.07, 6.45) is 10.8. The molecule has 0 bridgehead atoms. The number of likely N-dealkylation sites (tertiary alicyclic amines) is 1. The minimum absolute atomic E-state index is 0.0639. The molecule has 2 aliphatic heterocycles. The molecule has 110 valence electrons. The van der Waals surface area contributed by atoms with E-state index in [1.165, 1.54) is 6.39 Å². The first-order chi connectivity index (χ1) is 10.2. The molecule has 2 aliphatic rings. The molecule has 1 fully saturated rings. The van der Waals surface area contributed by atoms with Crippen LogP contribution in [0.25, 0.3) is 0 Å². The highest BCUT2D eigenvalue weighted by Gasteiger charge is 2.41. The predicted molar refractivity (Wildman–Crippen MR) is 72.9 cm³/mol. The van der Waals surface area contributed by atoms with E-state index in [2.05, 4.69) is 26.3 Å². The third-order valence-corrected chi connectivity index (χ3v) is 4.04. The molecule has 1 aromatic rings. The minimum atomic E-state index is -0.399. The Morgan fingerprint density at radius 3 is 3.05 bits per heavy atom. The second kappa shape index (κ2) is 5.64. The zero-order valence-electron chi connectivity index (χ0n) is 11.7. The average Bonchev–Trinajstić information content (AvgIpc) is 2.94. The molecule has 7 heteroatoms. The molecule has 0 radical (unpaired) electrons. The van der Waals surface area contributed by atoms with Crippen molar-refractivity contribution in [3.8, 4) is 12.3 Å². The highest BCUT2D eigenvalue weighted by molar-refractivity contribution is 5.77. The average molecular weight is 287 g/mol. The van der Waals surface area contributed by atoms with Crippen LogP contribution in [0, 0.1) is 12.3 Å². The quantitative estimate of drug-likeness (QED) is 0.750. The molecule has 1 atom stereocenters. The summed E-state index contributed by atoms with van der Waals surface area (Å²) in [6, 6.07) is -0.0639. The van der Waals surface area contributed by atoms with E-state index in [0.717, 1.165) is 25.8 Å². The van der Waals surface area contributed by atoms with Crippen LogP contribution in [-0.2, 0) is 4.79 Å². The lowest BCUT2D eigenvalue weighted by Crippen LogP contribution is -2.32. The van der Waals surface area contributed by atoms with Gasteiger partial charge in [-0.25, -0.2) is 0 Å². The van der Waals surface area contributed by atoms with Crippen LogP contribution in [0.5, 0.6) is 0 Å². The molecule has 21 heavy (non-hydrogen) atoms. The van der Waals surface area contributed by atoms with Crippen LogP contribution >= 0.6 is 0 Å². The molecule has 0 spiro atoms. The number of amides is 1. The van der Waals surface area contributed by atoms with Gasteiger partial charge in [0.05, 0.1) is 6.04 Å². The number of nitrogens with zero attached hydrogens (tertiary/aromatic N) is 5. The second-order valence-corrected chi connectivity index (χ2v) is 5.42. The van der Waals surface area contributed by atoms with Crippen molar-refractivity contribution in [3.63, 3.8) is 0 Å². The molecule has 0 saturated carbocycles. The molecular formula is C14H17N5O2. The SMILES string of the molecule is C#CCCC1(CCC(=O)N2CCCC2c2ncon2)N=N1. The summed E-state index contributed by atoms with van der Waals surface area (Å²) in [5.41, 5.74) is -0.399. The largest absolute Gasteiger partial charge is 0.343 e. The number of terminal acetylenes is 1. The summed E-state index contributed by atoms with van der Waals surface area (Å²) >= 11 is 0. The lowest BCUT2D eigenvalue weighted by atomic mass is 10.0. The summed E-state index contributed by atoms with van der Waals surface area (Å²) in [5, 5.41) is 12.0. The summed E-state index contributed by atoms with van der Waals surface area (Å²) in [7, 11) is 0. The molecule has 3 heterocycles. The monoisotopic (exact) mass is 287 g/mol. The van der Waals surface area contributed by atoms with E-state index in [-0.39, 0.29) is 11.9 Å². The lowest BCUT2D eigenvalue weighted by Gasteiger charge is -2.22. The zero-order valence-corrected chi connectivity index (χ0v) is 11.7. The van der Waals surface area contributed by atoms with E-state index in [0.29, 0.717) is 25.1 Å². The molecule has 0 aromatic carbocycles. The first-order valence-corrected chi connectivity index (χ1v) is 7.17. The summed E-state index contributed by atoms with van der Waals surface area (Å²) in [5.74, 6) is 3.27. The van der Waals surface area contributed by atoms with Crippen molar-refractivity contribution in [2.24, 2.45) is 10.2 Å². The highest BCUT2D eigenvalue weighted by atomic mass is 16.5. The fraction of sp³-hybridized carbons (Fsp3) is 0.643. The van der Waals surface area contributed by atoms with Crippen molar-refractivity contribution in [2.75, 3.05) is 6.54 Å². The molecule has 1 saturated heterocycles. The molecule has 1 aromatic heterocycles. The first kappa shape index (κ1) is 13.7. The van der Waals surface area contributed by atoms with Crippen LogP contribution in [0.3, 0.4) is 0 Å². The molecule has 0 aliphatic carbocycles. The minimum Gasteiger partial charge on any atom is -0.343 e.